The van der Waals surface area contributed by atoms with Gasteiger partial charge in [0.1, 0.15) is 11.6 Å². The van der Waals surface area contributed by atoms with Crippen LogP contribution in [0.4, 0.5) is 14.5 Å². The van der Waals surface area contributed by atoms with Gasteiger partial charge in [0, 0.05) is 12.6 Å². The van der Waals surface area contributed by atoms with E-state index in [4.69, 9.17) is 0 Å². The van der Waals surface area contributed by atoms with Gasteiger partial charge in [0.15, 0.2) is 0 Å². The topological polar surface area (TPSA) is 12.0 Å². The maximum atomic E-state index is 13.1. The first-order valence-electron chi connectivity index (χ1n) is 4.94. The van der Waals surface area contributed by atoms with Gasteiger partial charge in [-0.3, -0.25) is 0 Å². The molecule has 0 aliphatic heterocycles. The van der Waals surface area contributed by atoms with Crippen molar-refractivity contribution in [2.45, 2.75) is 19.3 Å². The van der Waals surface area contributed by atoms with Gasteiger partial charge in [0.2, 0.25) is 0 Å². The molecule has 3 heteroatoms. The zero-order valence-corrected chi connectivity index (χ0v) is 7.89. The summed E-state index contributed by atoms with van der Waals surface area (Å²) in [5.74, 6) is -0.220. The largest absolute Gasteiger partial charge is 0.383 e. The number of benzene rings is 1. The molecule has 76 valence electrons. The van der Waals surface area contributed by atoms with E-state index in [0.29, 0.717) is 5.69 Å². The van der Waals surface area contributed by atoms with Crippen molar-refractivity contribution in [3.05, 3.63) is 29.8 Å². The van der Waals surface area contributed by atoms with Crippen molar-refractivity contribution in [3.63, 3.8) is 0 Å². The molecule has 1 saturated carbocycles. The second kappa shape index (κ2) is 3.95. The Kier molecular flexibility index (Phi) is 2.66. The maximum absolute atomic E-state index is 13.1. The third kappa shape index (κ3) is 2.44. The lowest BCUT2D eigenvalue weighted by Crippen LogP contribution is -2.04. The van der Waals surface area contributed by atoms with Crippen molar-refractivity contribution in [3.8, 4) is 0 Å². The Morgan fingerprint density at radius 3 is 2.71 bits per heavy atom. The van der Waals surface area contributed by atoms with Crippen LogP contribution >= 0.6 is 0 Å². The van der Waals surface area contributed by atoms with Gasteiger partial charge in [0.05, 0.1) is 5.69 Å². The predicted molar refractivity (Wildman–Crippen MR) is 52.2 cm³/mol. The Morgan fingerprint density at radius 1 is 1.29 bits per heavy atom. The smallest absolute Gasteiger partial charge is 0.149 e. The van der Waals surface area contributed by atoms with E-state index in [1.807, 2.05) is 0 Å². The van der Waals surface area contributed by atoms with Crippen molar-refractivity contribution in [2.75, 3.05) is 11.9 Å². The van der Waals surface area contributed by atoms with E-state index >= 15 is 0 Å². The maximum Gasteiger partial charge on any atom is 0.149 e. The zero-order chi connectivity index (χ0) is 9.97. The molecule has 0 aromatic heterocycles. The summed E-state index contributed by atoms with van der Waals surface area (Å²) in [6, 6.07) is 3.61. The van der Waals surface area contributed by atoms with Gasteiger partial charge in [-0.15, -0.1) is 0 Å². The van der Waals surface area contributed by atoms with Gasteiger partial charge >= 0.3 is 0 Å². The molecule has 0 bridgehead atoms. The molecule has 1 aliphatic rings. The van der Waals surface area contributed by atoms with Crippen LogP contribution in [0.2, 0.25) is 0 Å². The average molecular weight is 197 g/mol. The Balaban J connectivity index is 1.87. The fraction of sp³-hybridized carbons (Fsp3) is 0.455. The third-order valence-electron chi connectivity index (χ3n) is 2.50. The van der Waals surface area contributed by atoms with E-state index in [1.54, 1.807) is 0 Å². The summed E-state index contributed by atoms with van der Waals surface area (Å²) in [4.78, 5) is 0. The summed E-state index contributed by atoms with van der Waals surface area (Å²) in [5, 5.41) is 2.97. The number of hydrogen-bond donors (Lipinski definition) is 1. The highest BCUT2D eigenvalue weighted by Crippen LogP contribution is 2.32. The number of rotatable bonds is 4. The Hall–Kier alpha value is -1.12. The van der Waals surface area contributed by atoms with Crippen LogP contribution in [0.1, 0.15) is 19.3 Å². The van der Waals surface area contributed by atoms with Gasteiger partial charge in [-0.2, -0.15) is 0 Å². The molecule has 1 aromatic carbocycles. The minimum absolute atomic E-state index is 0.395. The first kappa shape index (κ1) is 9.44. The molecule has 1 aromatic rings. The summed E-state index contributed by atoms with van der Waals surface area (Å²) in [6.45, 7) is 0.771. The van der Waals surface area contributed by atoms with Gasteiger partial charge in [-0.1, -0.05) is 12.8 Å². The van der Waals surface area contributed by atoms with Crippen molar-refractivity contribution in [1.29, 1.82) is 0 Å². The monoisotopic (exact) mass is 197 g/mol. The summed E-state index contributed by atoms with van der Waals surface area (Å²) < 4.78 is 25.6. The van der Waals surface area contributed by atoms with E-state index in [1.165, 1.54) is 25.0 Å². The van der Waals surface area contributed by atoms with Crippen LogP contribution in [0.5, 0.6) is 0 Å². The summed E-state index contributed by atoms with van der Waals surface area (Å²) in [5.41, 5.74) is 0.395. The van der Waals surface area contributed by atoms with Crippen LogP contribution in [0, 0.1) is 17.6 Å². The van der Waals surface area contributed by atoms with Crippen molar-refractivity contribution in [1.82, 2.24) is 0 Å². The van der Waals surface area contributed by atoms with Gasteiger partial charge < -0.3 is 5.32 Å². The highest BCUT2D eigenvalue weighted by Gasteiger charge is 2.20. The minimum atomic E-state index is -0.532. The molecule has 1 N–H and O–H groups in total. The van der Waals surface area contributed by atoms with Crippen molar-refractivity contribution >= 4 is 5.69 Å². The minimum Gasteiger partial charge on any atom is -0.383 e. The second-order valence-corrected chi connectivity index (χ2v) is 3.78. The van der Waals surface area contributed by atoms with Crippen LogP contribution in [0.25, 0.3) is 0 Å². The molecular formula is C11H13F2N. The van der Waals surface area contributed by atoms with Gasteiger partial charge in [-0.05, 0) is 24.5 Å². The van der Waals surface area contributed by atoms with Crippen molar-refractivity contribution < 1.29 is 8.78 Å². The molecule has 2 rings (SSSR count). The molecule has 1 fully saturated rings. The first-order valence-corrected chi connectivity index (χ1v) is 4.94. The van der Waals surface area contributed by atoms with E-state index in [2.05, 4.69) is 5.32 Å². The van der Waals surface area contributed by atoms with Crippen LogP contribution in [0.15, 0.2) is 18.2 Å². The van der Waals surface area contributed by atoms with Crippen molar-refractivity contribution in [2.24, 2.45) is 5.92 Å². The Bertz CT molecular complexity index is 321. The lowest BCUT2D eigenvalue weighted by molar-refractivity contribution is 0.584. The highest BCUT2D eigenvalue weighted by atomic mass is 19.1. The summed E-state index contributed by atoms with van der Waals surface area (Å²) in [7, 11) is 0. The fourth-order valence-corrected chi connectivity index (χ4v) is 1.45. The molecule has 1 aliphatic carbocycles. The number of anilines is 1. The zero-order valence-electron chi connectivity index (χ0n) is 7.89. The SMILES string of the molecule is Fc1ccc(NCCC2CC2)c(F)c1. The molecule has 1 nitrogen and oxygen atoms in total. The lowest BCUT2D eigenvalue weighted by Gasteiger charge is -2.06. The lowest BCUT2D eigenvalue weighted by atomic mass is 10.2. The molecule has 14 heavy (non-hydrogen) atoms. The van der Waals surface area contributed by atoms with Crippen LogP contribution in [0.3, 0.4) is 0 Å². The Labute approximate surface area is 82.1 Å². The first-order chi connectivity index (χ1) is 6.75. The second-order valence-electron chi connectivity index (χ2n) is 3.78. The fourth-order valence-electron chi connectivity index (χ4n) is 1.45. The molecule has 0 heterocycles. The van der Waals surface area contributed by atoms with Crippen LogP contribution in [-0.2, 0) is 0 Å². The average Bonchev–Trinajstić information content (AvgIpc) is 2.92. The quantitative estimate of drug-likeness (QED) is 0.781. The molecule has 0 radical (unpaired) electrons. The highest BCUT2D eigenvalue weighted by molar-refractivity contribution is 5.44. The molecule has 0 atom stereocenters. The van der Waals surface area contributed by atoms with Gasteiger partial charge in [0.25, 0.3) is 0 Å². The summed E-state index contributed by atoms with van der Waals surface area (Å²) >= 11 is 0. The van der Waals surface area contributed by atoms with E-state index in [-0.39, 0.29) is 0 Å². The summed E-state index contributed by atoms with van der Waals surface area (Å²) in [6.07, 6.45) is 3.68. The van der Waals surface area contributed by atoms with E-state index in [0.717, 1.165) is 24.9 Å². The van der Waals surface area contributed by atoms with Crippen LogP contribution < -0.4 is 5.32 Å². The standard InChI is InChI=1S/C11H13F2N/c12-9-3-4-11(10(13)7-9)14-6-5-8-1-2-8/h3-4,7-8,14H,1-2,5-6H2. The normalized spacial score (nSPS) is 15.6. The number of hydrogen-bond acceptors (Lipinski definition) is 1. The van der Waals surface area contributed by atoms with Gasteiger partial charge in [-0.25, -0.2) is 8.78 Å². The predicted octanol–water partition coefficient (Wildman–Crippen LogP) is 3.18. The van der Waals surface area contributed by atoms with E-state index in [9.17, 15) is 8.78 Å². The third-order valence-corrected chi connectivity index (χ3v) is 2.50. The molecule has 0 spiro atoms. The molecule has 0 unspecified atom stereocenters. The number of nitrogens with one attached hydrogen (secondary N) is 1. The molecular weight excluding hydrogens is 184 g/mol. The molecule has 0 saturated heterocycles. The molecule has 0 amide bonds. The number of halogens is 2. The van der Waals surface area contributed by atoms with E-state index < -0.39 is 11.6 Å². The Morgan fingerprint density at radius 2 is 2.07 bits per heavy atom. The van der Waals surface area contributed by atoms with Crippen LogP contribution in [-0.4, -0.2) is 6.54 Å².